The lowest BCUT2D eigenvalue weighted by Crippen LogP contribution is -2.01. The van der Waals surface area contributed by atoms with E-state index in [1.165, 1.54) is 17.4 Å². The quantitative estimate of drug-likeness (QED) is 0.254. The molecule has 0 aliphatic heterocycles. The fourth-order valence-corrected chi connectivity index (χ4v) is 3.57. The summed E-state index contributed by atoms with van der Waals surface area (Å²) in [7, 11) is 1.55. The van der Waals surface area contributed by atoms with Gasteiger partial charge in [-0.1, -0.05) is 16.4 Å². The molecule has 170 valence electrons. The molecule has 0 aliphatic rings. The van der Waals surface area contributed by atoms with Crippen molar-refractivity contribution in [2.45, 2.75) is 27.1 Å². The molecule has 10 heteroatoms. The molecule has 3 heterocycles. The standard InChI is InChI=1S/C23H21N3O6S/c1-14-18(15(2)31-25-14)11-29-19-6-4-16(10-20(19)28-3)5-7-22(27)30-12-21-24-23(26-32-21)17-8-9-33-13-17/h4-10,13H,11-12H2,1-3H3/b7-5+. The van der Waals surface area contributed by atoms with Crippen LogP contribution in [0.25, 0.3) is 17.5 Å². The lowest BCUT2D eigenvalue weighted by molar-refractivity contribution is -0.139. The molecule has 0 bridgehead atoms. The van der Waals surface area contributed by atoms with E-state index in [9.17, 15) is 4.79 Å². The Kier molecular flexibility index (Phi) is 6.84. The van der Waals surface area contributed by atoms with E-state index in [2.05, 4.69) is 15.3 Å². The minimum absolute atomic E-state index is 0.113. The van der Waals surface area contributed by atoms with Gasteiger partial charge in [-0.25, -0.2) is 4.79 Å². The van der Waals surface area contributed by atoms with E-state index in [0.29, 0.717) is 29.7 Å². The zero-order valence-corrected chi connectivity index (χ0v) is 19.0. The maximum atomic E-state index is 12.1. The Morgan fingerprint density at radius 3 is 2.73 bits per heavy atom. The van der Waals surface area contributed by atoms with E-state index < -0.39 is 5.97 Å². The Labute approximate surface area is 193 Å². The number of thiophene rings is 1. The molecule has 0 atom stereocenters. The van der Waals surface area contributed by atoms with E-state index in [-0.39, 0.29) is 12.5 Å². The predicted octanol–water partition coefficient (Wildman–Crippen LogP) is 4.75. The van der Waals surface area contributed by atoms with Gasteiger partial charge >= 0.3 is 5.97 Å². The average molecular weight is 468 g/mol. The first-order chi connectivity index (χ1) is 16.0. The summed E-state index contributed by atoms with van der Waals surface area (Å²) in [5, 5.41) is 11.6. The van der Waals surface area contributed by atoms with Gasteiger partial charge in [-0.2, -0.15) is 16.3 Å². The highest BCUT2D eigenvalue weighted by molar-refractivity contribution is 7.08. The van der Waals surface area contributed by atoms with Crippen molar-refractivity contribution in [2.24, 2.45) is 0 Å². The van der Waals surface area contributed by atoms with Crippen LogP contribution in [0.2, 0.25) is 0 Å². The molecule has 1 aromatic carbocycles. The van der Waals surface area contributed by atoms with Gasteiger partial charge in [0.1, 0.15) is 12.4 Å². The Morgan fingerprint density at radius 2 is 2.00 bits per heavy atom. The Bertz CT molecular complexity index is 1240. The summed E-state index contributed by atoms with van der Waals surface area (Å²) in [6.07, 6.45) is 2.93. The zero-order chi connectivity index (χ0) is 23.2. The van der Waals surface area contributed by atoms with Gasteiger partial charge in [0.15, 0.2) is 18.1 Å². The number of aryl methyl sites for hydroxylation is 2. The second kappa shape index (κ2) is 10.1. The Balaban J connectivity index is 1.33. The average Bonchev–Trinajstić information content (AvgIpc) is 3.57. The van der Waals surface area contributed by atoms with Crippen molar-refractivity contribution in [3.63, 3.8) is 0 Å². The van der Waals surface area contributed by atoms with E-state index in [1.54, 1.807) is 31.4 Å². The van der Waals surface area contributed by atoms with Crippen molar-refractivity contribution in [3.8, 4) is 22.9 Å². The van der Waals surface area contributed by atoms with Crippen LogP contribution >= 0.6 is 11.3 Å². The molecule has 0 radical (unpaired) electrons. The van der Waals surface area contributed by atoms with Crippen LogP contribution < -0.4 is 9.47 Å². The highest BCUT2D eigenvalue weighted by atomic mass is 32.1. The summed E-state index contributed by atoms with van der Waals surface area (Å²) in [6, 6.07) is 7.22. The molecule has 4 aromatic rings. The predicted molar refractivity (Wildman–Crippen MR) is 120 cm³/mol. The first kappa shape index (κ1) is 22.3. The van der Waals surface area contributed by atoms with Gasteiger partial charge in [0.2, 0.25) is 5.82 Å². The lowest BCUT2D eigenvalue weighted by Gasteiger charge is -2.11. The van der Waals surface area contributed by atoms with E-state index in [4.69, 9.17) is 23.3 Å². The number of ether oxygens (including phenoxy) is 3. The lowest BCUT2D eigenvalue weighted by atomic mass is 10.2. The van der Waals surface area contributed by atoms with Gasteiger partial charge in [0, 0.05) is 17.0 Å². The number of carbonyl (C=O) groups is 1. The topological polar surface area (TPSA) is 110 Å². The highest BCUT2D eigenvalue weighted by Crippen LogP contribution is 2.30. The molecule has 0 fully saturated rings. The van der Waals surface area contributed by atoms with Gasteiger partial charge in [-0.15, -0.1) is 0 Å². The largest absolute Gasteiger partial charge is 0.493 e. The summed E-state index contributed by atoms with van der Waals surface area (Å²) in [5.74, 6) is 1.95. The number of aromatic nitrogens is 3. The van der Waals surface area contributed by atoms with Gasteiger partial charge < -0.3 is 23.3 Å². The maximum absolute atomic E-state index is 12.1. The first-order valence-electron chi connectivity index (χ1n) is 9.96. The SMILES string of the molecule is COc1cc(/C=C/C(=O)OCc2nc(-c3ccsc3)no2)ccc1OCc1c(C)noc1C. The molecular weight excluding hydrogens is 446 g/mol. The van der Waals surface area contributed by atoms with E-state index in [0.717, 1.165) is 22.4 Å². The van der Waals surface area contributed by atoms with Crippen LogP contribution in [-0.2, 0) is 22.7 Å². The summed E-state index contributed by atoms with van der Waals surface area (Å²) in [4.78, 5) is 16.3. The van der Waals surface area contributed by atoms with Crippen molar-refractivity contribution in [1.82, 2.24) is 15.3 Å². The van der Waals surface area contributed by atoms with Crippen LogP contribution in [0, 0.1) is 13.8 Å². The number of hydrogen-bond donors (Lipinski definition) is 0. The second-order valence-electron chi connectivity index (χ2n) is 6.97. The molecule has 0 N–H and O–H groups in total. The fraction of sp³-hybridized carbons (Fsp3) is 0.217. The third kappa shape index (κ3) is 5.47. The highest BCUT2D eigenvalue weighted by Gasteiger charge is 2.13. The normalized spacial score (nSPS) is 11.1. The van der Waals surface area contributed by atoms with Crippen molar-refractivity contribution >= 4 is 23.4 Å². The third-order valence-electron chi connectivity index (χ3n) is 4.74. The summed E-state index contributed by atoms with van der Waals surface area (Å²) < 4.78 is 26.7. The maximum Gasteiger partial charge on any atom is 0.331 e. The van der Waals surface area contributed by atoms with Crippen molar-refractivity contribution in [1.29, 1.82) is 0 Å². The second-order valence-corrected chi connectivity index (χ2v) is 7.75. The number of hydrogen-bond acceptors (Lipinski definition) is 10. The smallest absolute Gasteiger partial charge is 0.331 e. The monoisotopic (exact) mass is 467 g/mol. The van der Waals surface area contributed by atoms with Crippen LogP contribution in [0.15, 0.2) is 50.1 Å². The van der Waals surface area contributed by atoms with Crippen molar-refractivity contribution in [3.05, 3.63) is 69.6 Å². The summed E-state index contributed by atoms with van der Waals surface area (Å²) in [6.45, 7) is 3.89. The van der Waals surface area contributed by atoms with E-state index >= 15 is 0 Å². The molecule has 0 amide bonds. The van der Waals surface area contributed by atoms with Gasteiger partial charge in [0.25, 0.3) is 5.89 Å². The van der Waals surface area contributed by atoms with Gasteiger partial charge in [-0.05, 0) is 49.1 Å². The zero-order valence-electron chi connectivity index (χ0n) is 18.2. The van der Waals surface area contributed by atoms with Crippen LogP contribution in [0.1, 0.15) is 28.5 Å². The Morgan fingerprint density at radius 1 is 1.12 bits per heavy atom. The van der Waals surface area contributed by atoms with Crippen molar-refractivity contribution < 1.29 is 28.1 Å². The van der Waals surface area contributed by atoms with Crippen LogP contribution in [0.4, 0.5) is 0 Å². The number of esters is 1. The number of nitrogens with zero attached hydrogens (tertiary/aromatic N) is 3. The molecule has 3 aromatic heterocycles. The molecule has 0 spiro atoms. The molecule has 0 aliphatic carbocycles. The van der Waals surface area contributed by atoms with Gasteiger partial charge in [0.05, 0.1) is 18.4 Å². The first-order valence-corrected chi connectivity index (χ1v) is 10.9. The molecule has 0 saturated carbocycles. The molecule has 0 saturated heterocycles. The minimum atomic E-state index is -0.539. The summed E-state index contributed by atoms with van der Waals surface area (Å²) >= 11 is 1.53. The van der Waals surface area contributed by atoms with Crippen LogP contribution in [0.3, 0.4) is 0 Å². The minimum Gasteiger partial charge on any atom is -0.493 e. The molecule has 9 nitrogen and oxygen atoms in total. The molecule has 0 unspecified atom stereocenters. The van der Waals surface area contributed by atoms with E-state index in [1.807, 2.05) is 30.7 Å². The molecule has 4 rings (SSSR count). The number of rotatable bonds is 9. The van der Waals surface area contributed by atoms with Crippen molar-refractivity contribution in [2.75, 3.05) is 7.11 Å². The molecular formula is C23H21N3O6S. The van der Waals surface area contributed by atoms with Crippen LogP contribution in [0.5, 0.6) is 11.5 Å². The fourth-order valence-electron chi connectivity index (χ4n) is 2.93. The third-order valence-corrected chi connectivity index (χ3v) is 5.42. The number of carbonyl (C=O) groups excluding carboxylic acids is 1. The molecule has 33 heavy (non-hydrogen) atoms. The Hall–Kier alpha value is -3.92. The summed E-state index contributed by atoms with van der Waals surface area (Å²) in [5.41, 5.74) is 3.28. The number of benzene rings is 1. The van der Waals surface area contributed by atoms with Gasteiger partial charge in [-0.3, -0.25) is 0 Å². The number of methoxy groups -OCH3 is 1. The van der Waals surface area contributed by atoms with Crippen LogP contribution in [-0.4, -0.2) is 28.4 Å².